The molecule has 29 heavy (non-hydrogen) atoms. The molecule has 0 aliphatic heterocycles. The van der Waals surface area contributed by atoms with Crippen LogP contribution in [0.2, 0.25) is 10.0 Å². The minimum atomic E-state index is -0.272. The number of carbonyl (C=O) groups is 1. The fourth-order valence-electron chi connectivity index (χ4n) is 3.45. The summed E-state index contributed by atoms with van der Waals surface area (Å²) in [7, 11) is 0. The van der Waals surface area contributed by atoms with Crippen LogP contribution >= 0.6 is 23.2 Å². The first-order valence-electron chi connectivity index (χ1n) is 9.50. The highest BCUT2D eigenvalue weighted by atomic mass is 35.5. The number of rotatable bonds is 7. The second-order valence-corrected chi connectivity index (χ2v) is 7.88. The molecule has 3 aromatic carbocycles. The predicted octanol–water partition coefficient (Wildman–Crippen LogP) is 5.97. The van der Waals surface area contributed by atoms with Crippen molar-refractivity contribution in [1.82, 2.24) is 5.32 Å². The van der Waals surface area contributed by atoms with E-state index in [1.165, 1.54) is 11.6 Å². The third kappa shape index (κ3) is 5.53. The Morgan fingerprint density at radius 2 is 1.55 bits per heavy atom. The van der Waals surface area contributed by atoms with Crippen molar-refractivity contribution in [3.63, 3.8) is 0 Å². The van der Waals surface area contributed by atoms with Gasteiger partial charge in [0.25, 0.3) is 0 Å². The molecule has 3 nitrogen and oxygen atoms in total. The van der Waals surface area contributed by atoms with Crippen LogP contribution in [0.25, 0.3) is 0 Å². The molecule has 3 aromatic rings. The van der Waals surface area contributed by atoms with E-state index < -0.39 is 0 Å². The van der Waals surface area contributed by atoms with E-state index in [4.69, 9.17) is 23.2 Å². The van der Waals surface area contributed by atoms with Gasteiger partial charge in [-0.2, -0.15) is 0 Å². The number of nitrogens with one attached hydrogen (secondary N) is 1. The number of benzene rings is 3. The second kappa shape index (κ2) is 9.82. The van der Waals surface area contributed by atoms with Crippen molar-refractivity contribution < 1.29 is 9.90 Å². The zero-order chi connectivity index (χ0) is 20.8. The van der Waals surface area contributed by atoms with E-state index >= 15 is 0 Å². The molecule has 0 aliphatic carbocycles. The number of amides is 1. The summed E-state index contributed by atoms with van der Waals surface area (Å²) in [6.45, 7) is 1.99. The molecule has 2 N–H and O–H groups in total. The zero-order valence-corrected chi connectivity index (χ0v) is 17.6. The number of phenolic OH excluding ortho intramolecular Hbond substituents is 1. The van der Waals surface area contributed by atoms with E-state index in [9.17, 15) is 9.90 Å². The number of halogens is 2. The van der Waals surface area contributed by atoms with Gasteiger partial charge in [0, 0.05) is 18.4 Å². The highest BCUT2D eigenvalue weighted by Gasteiger charge is 2.23. The number of phenols is 1. The molecule has 5 heteroatoms. The Hall–Kier alpha value is -2.49. The highest BCUT2D eigenvalue weighted by molar-refractivity contribution is 6.43. The van der Waals surface area contributed by atoms with Gasteiger partial charge in [-0.3, -0.25) is 4.79 Å². The maximum atomic E-state index is 12.8. The maximum absolute atomic E-state index is 12.8. The largest absolute Gasteiger partial charge is 0.506 e. The van der Waals surface area contributed by atoms with Crippen molar-refractivity contribution in [2.24, 2.45) is 0 Å². The van der Waals surface area contributed by atoms with E-state index in [1.54, 1.807) is 6.07 Å². The first-order chi connectivity index (χ1) is 14.0. The van der Waals surface area contributed by atoms with Crippen LogP contribution in [-0.4, -0.2) is 17.1 Å². The van der Waals surface area contributed by atoms with Crippen LogP contribution in [0.4, 0.5) is 0 Å². The molecular formula is C24H23Cl2NO2. The number of hydrogen-bond acceptors (Lipinski definition) is 2. The fraction of sp³-hybridized carbons (Fsp3) is 0.208. The Kier molecular flexibility index (Phi) is 7.18. The van der Waals surface area contributed by atoms with Crippen LogP contribution in [-0.2, 0) is 11.2 Å². The summed E-state index contributed by atoms with van der Waals surface area (Å²) < 4.78 is 0. The summed E-state index contributed by atoms with van der Waals surface area (Å²) in [5, 5.41) is 13.3. The molecule has 0 bridgehead atoms. The van der Waals surface area contributed by atoms with Crippen LogP contribution in [0.3, 0.4) is 0 Å². The quantitative estimate of drug-likeness (QED) is 0.487. The molecule has 1 amide bonds. The fourth-order valence-corrected chi connectivity index (χ4v) is 3.92. The molecular weight excluding hydrogens is 405 g/mol. The van der Waals surface area contributed by atoms with Gasteiger partial charge in [-0.25, -0.2) is 0 Å². The lowest BCUT2D eigenvalue weighted by Crippen LogP contribution is -2.35. The van der Waals surface area contributed by atoms with Gasteiger partial charge < -0.3 is 10.4 Å². The first kappa shape index (κ1) is 21.2. The average molecular weight is 428 g/mol. The van der Waals surface area contributed by atoms with Gasteiger partial charge >= 0.3 is 0 Å². The SMILES string of the molecule is C[C@@H](Cc1ccccc1)NC(=O)C[C@@H](c1ccccc1)c1ccc(O)c(Cl)c1Cl. The molecule has 0 saturated heterocycles. The van der Waals surface area contributed by atoms with Gasteiger partial charge in [-0.05, 0) is 36.1 Å². The smallest absolute Gasteiger partial charge is 0.221 e. The third-order valence-electron chi connectivity index (χ3n) is 4.85. The summed E-state index contributed by atoms with van der Waals surface area (Å²) in [4.78, 5) is 12.8. The third-order valence-corrected chi connectivity index (χ3v) is 5.74. The van der Waals surface area contributed by atoms with E-state index in [-0.39, 0.29) is 40.1 Å². The summed E-state index contributed by atoms with van der Waals surface area (Å²) in [6.07, 6.45) is 0.984. The Morgan fingerprint density at radius 1 is 0.931 bits per heavy atom. The Labute approximate surface area is 181 Å². The van der Waals surface area contributed by atoms with Crippen LogP contribution in [0.15, 0.2) is 72.8 Å². The van der Waals surface area contributed by atoms with Crippen molar-refractivity contribution in [2.45, 2.75) is 31.7 Å². The van der Waals surface area contributed by atoms with Crippen molar-refractivity contribution in [1.29, 1.82) is 0 Å². The van der Waals surface area contributed by atoms with Gasteiger partial charge in [-0.15, -0.1) is 0 Å². The van der Waals surface area contributed by atoms with Crippen LogP contribution in [0.5, 0.6) is 5.75 Å². The standard InChI is InChI=1S/C24H23Cl2NO2/c1-16(14-17-8-4-2-5-9-17)27-22(29)15-20(18-10-6-3-7-11-18)19-12-13-21(28)24(26)23(19)25/h2-13,16,20,28H,14-15H2,1H3,(H,27,29)/t16-,20-/m0/s1. The molecule has 0 spiro atoms. The van der Waals surface area contributed by atoms with E-state index in [0.717, 1.165) is 12.0 Å². The van der Waals surface area contributed by atoms with Crippen LogP contribution < -0.4 is 5.32 Å². The molecule has 0 heterocycles. The minimum Gasteiger partial charge on any atom is -0.506 e. The number of aromatic hydroxyl groups is 1. The molecule has 0 fully saturated rings. The van der Waals surface area contributed by atoms with Crippen molar-refractivity contribution >= 4 is 29.1 Å². The van der Waals surface area contributed by atoms with Gasteiger partial charge in [-0.1, -0.05) is 89.9 Å². The van der Waals surface area contributed by atoms with Crippen molar-refractivity contribution in [2.75, 3.05) is 0 Å². The number of hydrogen-bond donors (Lipinski definition) is 2. The lowest BCUT2D eigenvalue weighted by molar-refractivity contribution is -0.121. The lowest BCUT2D eigenvalue weighted by Gasteiger charge is -2.21. The summed E-state index contributed by atoms with van der Waals surface area (Å²) in [6, 6.07) is 23.0. The Bertz CT molecular complexity index is 961. The van der Waals surface area contributed by atoms with Gasteiger partial charge in [0.15, 0.2) is 0 Å². The average Bonchev–Trinajstić information content (AvgIpc) is 2.72. The summed E-state index contributed by atoms with van der Waals surface area (Å²) in [5.41, 5.74) is 2.85. The summed E-state index contributed by atoms with van der Waals surface area (Å²) >= 11 is 12.6. The maximum Gasteiger partial charge on any atom is 0.221 e. The Balaban J connectivity index is 1.79. The monoisotopic (exact) mass is 427 g/mol. The molecule has 0 saturated carbocycles. The van der Waals surface area contributed by atoms with Crippen LogP contribution in [0, 0.1) is 0 Å². The molecule has 3 rings (SSSR count). The second-order valence-electron chi connectivity index (χ2n) is 7.13. The molecule has 0 aromatic heterocycles. The first-order valence-corrected chi connectivity index (χ1v) is 10.3. The Morgan fingerprint density at radius 3 is 2.21 bits per heavy atom. The van der Waals surface area contributed by atoms with Crippen molar-refractivity contribution in [3.05, 3.63) is 99.5 Å². The molecule has 0 radical (unpaired) electrons. The topological polar surface area (TPSA) is 49.3 Å². The highest BCUT2D eigenvalue weighted by Crippen LogP contribution is 2.40. The molecule has 0 unspecified atom stereocenters. The lowest BCUT2D eigenvalue weighted by atomic mass is 9.88. The van der Waals surface area contributed by atoms with Gasteiger partial charge in [0.2, 0.25) is 5.91 Å². The summed E-state index contributed by atoms with van der Waals surface area (Å²) in [5.74, 6) is -0.415. The van der Waals surface area contributed by atoms with Crippen LogP contribution in [0.1, 0.15) is 36.0 Å². The van der Waals surface area contributed by atoms with E-state index in [0.29, 0.717) is 5.56 Å². The van der Waals surface area contributed by atoms with Gasteiger partial charge in [0.05, 0.1) is 5.02 Å². The van der Waals surface area contributed by atoms with E-state index in [2.05, 4.69) is 5.32 Å². The van der Waals surface area contributed by atoms with Gasteiger partial charge in [0.1, 0.15) is 10.8 Å². The zero-order valence-electron chi connectivity index (χ0n) is 16.1. The van der Waals surface area contributed by atoms with Crippen molar-refractivity contribution in [3.8, 4) is 5.75 Å². The molecule has 150 valence electrons. The normalized spacial score (nSPS) is 12.9. The molecule has 2 atom stereocenters. The predicted molar refractivity (Wildman–Crippen MR) is 119 cm³/mol. The minimum absolute atomic E-state index is 0.000186. The van der Waals surface area contributed by atoms with E-state index in [1.807, 2.05) is 67.6 Å². The number of carbonyl (C=O) groups excluding carboxylic acids is 1. The molecule has 0 aliphatic rings.